The molecule has 0 saturated carbocycles. The van der Waals surface area contributed by atoms with E-state index in [1.807, 2.05) is 20.8 Å². The molecule has 0 aliphatic heterocycles. The van der Waals surface area contributed by atoms with Crippen LogP contribution in [0.1, 0.15) is 51.0 Å². The summed E-state index contributed by atoms with van der Waals surface area (Å²) in [5.74, 6) is 0.138. The Kier molecular flexibility index (Phi) is 8.94. The van der Waals surface area contributed by atoms with Crippen molar-refractivity contribution in [3.63, 3.8) is 0 Å². The fourth-order valence-corrected chi connectivity index (χ4v) is 3.92. The SMILES string of the molecule is COc1ccc(N(C(=O)CCC(=O)Nc2cc(C)on2)C(C(=O)NC(C)(C)C)c2ccccc2Cl)cc1. The summed E-state index contributed by atoms with van der Waals surface area (Å²) in [6.45, 7) is 7.26. The Labute approximate surface area is 221 Å². The number of amides is 3. The number of nitrogens with zero attached hydrogens (tertiary/aromatic N) is 2. The molecule has 0 radical (unpaired) electrons. The Morgan fingerprint density at radius 3 is 2.32 bits per heavy atom. The number of benzene rings is 2. The molecule has 0 aliphatic carbocycles. The number of carbonyl (C=O) groups is 3. The van der Waals surface area contributed by atoms with Gasteiger partial charge in [-0.3, -0.25) is 19.3 Å². The number of aryl methyl sites for hydroxylation is 1. The molecule has 10 heteroatoms. The lowest BCUT2D eigenvalue weighted by Gasteiger charge is -2.34. The lowest BCUT2D eigenvalue weighted by molar-refractivity contribution is -0.128. The summed E-state index contributed by atoms with van der Waals surface area (Å²) >= 11 is 6.52. The number of aromatic nitrogens is 1. The predicted molar refractivity (Wildman–Crippen MR) is 142 cm³/mol. The van der Waals surface area contributed by atoms with Crippen molar-refractivity contribution < 1.29 is 23.6 Å². The third-order valence-electron chi connectivity index (χ3n) is 5.29. The Morgan fingerprint density at radius 1 is 1.08 bits per heavy atom. The summed E-state index contributed by atoms with van der Waals surface area (Å²) in [4.78, 5) is 41.2. The first kappa shape index (κ1) is 27.7. The average Bonchev–Trinajstić information content (AvgIpc) is 3.25. The van der Waals surface area contributed by atoms with Gasteiger partial charge >= 0.3 is 0 Å². The van der Waals surface area contributed by atoms with Gasteiger partial charge in [-0.25, -0.2) is 0 Å². The molecule has 2 aromatic carbocycles. The second-order valence-electron chi connectivity index (χ2n) is 9.50. The number of halogens is 1. The quantitative estimate of drug-likeness (QED) is 0.403. The molecular formula is C27H31ClN4O5. The lowest BCUT2D eigenvalue weighted by Crippen LogP contribution is -2.49. The van der Waals surface area contributed by atoms with Crippen molar-refractivity contribution in [3.05, 3.63) is 70.9 Å². The Morgan fingerprint density at radius 2 is 1.76 bits per heavy atom. The van der Waals surface area contributed by atoms with Crippen LogP contribution < -0.4 is 20.3 Å². The number of hydrogen-bond acceptors (Lipinski definition) is 6. The van der Waals surface area contributed by atoms with E-state index in [0.29, 0.717) is 27.8 Å². The third kappa shape index (κ3) is 7.57. The van der Waals surface area contributed by atoms with Gasteiger partial charge in [0.05, 0.1) is 7.11 Å². The second-order valence-corrected chi connectivity index (χ2v) is 9.90. The van der Waals surface area contributed by atoms with Crippen LogP contribution in [0.3, 0.4) is 0 Å². The minimum absolute atomic E-state index is 0.131. The molecule has 0 bridgehead atoms. The predicted octanol–water partition coefficient (Wildman–Crippen LogP) is 5.05. The van der Waals surface area contributed by atoms with Crippen LogP contribution in [0.5, 0.6) is 5.75 Å². The molecule has 1 atom stereocenters. The lowest BCUT2D eigenvalue weighted by atomic mass is 10.00. The minimum Gasteiger partial charge on any atom is -0.497 e. The summed E-state index contributed by atoms with van der Waals surface area (Å²) in [6, 6.07) is 14.1. The van der Waals surface area contributed by atoms with Crippen molar-refractivity contribution in [2.45, 2.75) is 52.1 Å². The molecule has 37 heavy (non-hydrogen) atoms. The topological polar surface area (TPSA) is 114 Å². The molecule has 3 aromatic rings. The number of methoxy groups -OCH3 is 1. The van der Waals surface area contributed by atoms with Gasteiger partial charge < -0.3 is 19.9 Å². The Hall–Kier alpha value is -3.85. The van der Waals surface area contributed by atoms with Crippen LogP contribution >= 0.6 is 11.6 Å². The normalized spacial score (nSPS) is 11.9. The van der Waals surface area contributed by atoms with Gasteiger partial charge in [-0.05, 0) is 58.0 Å². The number of rotatable bonds is 9. The van der Waals surface area contributed by atoms with E-state index in [0.717, 1.165) is 0 Å². The van der Waals surface area contributed by atoms with E-state index < -0.39 is 29.3 Å². The van der Waals surface area contributed by atoms with Crippen molar-refractivity contribution in [1.82, 2.24) is 10.5 Å². The van der Waals surface area contributed by atoms with Crippen molar-refractivity contribution in [2.75, 3.05) is 17.3 Å². The molecule has 1 heterocycles. The number of hydrogen-bond donors (Lipinski definition) is 2. The van der Waals surface area contributed by atoms with Crippen molar-refractivity contribution in [3.8, 4) is 5.75 Å². The van der Waals surface area contributed by atoms with Crippen LogP contribution in [-0.2, 0) is 14.4 Å². The fraction of sp³-hybridized carbons (Fsp3) is 0.333. The molecule has 0 saturated heterocycles. The summed E-state index contributed by atoms with van der Waals surface area (Å²) in [7, 11) is 1.54. The summed E-state index contributed by atoms with van der Waals surface area (Å²) in [5.41, 5.74) is 0.339. The van der Waals surface area contributed by atoms with Crippen molar-refractivity contribution in [2.24, 2.45) is 0 Å². The molecule has 9 nitrogen and oxygen atoms in total. The number of anilines is 2. The first-order valence-electron chi connectivity index (χ1n) is 11.7. The molecular weight excluding hydrogens is 496 g/mol. The third-order valence-corrected chi connectivity index (χ3v) is 5.63. The van der Waals surface area contributed by atoms with Gasteiger partial charge in [-0.2, -0.15) is 0 Å². The number of carbonyl (C=O) groups excluding carboxylic acids is 3. The zero-order chi connectivity index (χ0) is 27.2. The number of nitrogens with one attached hydrogen (secondary N) is 2. The largest absolute Gasteiger partial charge is 0.497 e. The maximum atomic E-state index is 13.7. The van der Waals surface area contributed by atoms with E-state index in [2.05, 4.69) is 15.8 Å². The minimum atomic E-state index is -1.09. The highest BCUT2D eigenvalue weighted by Gasteiger charge is 2.35. The molecule has 3 amide bonds. The first-order valence-corrected chi connectivity index (χ1v) is 12.1. The number of ether oxygens (including phenoxy) is 1. The molecule has 3 rings (SSSR count). The standard InChI is InChI=1S/C27H31ClN4O5/c1-17-16-22(31-37-17)29-23(33)14-15-24(34)32(18-10-12-19(36-5)13-11-18)25(26(35)30-27(2,3)4)20-8-6-7-9-21(20)28/h6-13,16,25H,14-15H2,1-5H3,(H,30,35)(H,29,31,33). The van der Waals surface area contributed by atoms with Gasteiger partial charge in [-0.1, -0.05) is 35.0 Å². The van der Waals surface area contributed by atoms with Gasteiger partial charge in [0.1, 0.15) is 17.6 Å². The fourth-order valence-electron chi connectivity index (χ4n) is 3.68. The Balaban J connectivity index is 1.97. The van der Waals surface area contributed by atoms with Gasteiger partial charge in [0.15, 0.2) is 5.82 Å². The van der Waals surface area contributed by atoms with Crippen LogP contribution in [0.25, 0.3) is 0 Å². The van der Waals surface area contributed by atoms with E-state index in [9.17, 15) is 14.4 Å². The first-order chi connectivity index (χ1) is 17.5. The van der Waals surface area contributed by atoms with Crippen LogP contribution in [0, 0.1) is 6.92 Å². The maximum Gasteiger partial charge on any atom is 0.248 e. The van der Waals surface area contributed by atoms with E-state index in [1.54, 1.807) is 61.5 Å². The summed E-state index contributed by atoms with van der Waals surface area (Å²) < 4.78 is 10.2. The second kappa shape index (κ2) is 11.9. The molecule has 2 N–H and O–H groups in total. The van der Waals surface area contributed by atoms with E-state index >= 15 is 0 Å². The highest BCUT2D eigenvalue weighted by atomic mass is 35.5. The van der Waals surface area contributed by atoms with E-state index in [4.69, 9.17) is 20.9 Å². The summed E-state index contributed by atoms with van der Waals surface area (Å²) in [5, 5.41) is 9.63. The zero-order valence-electron chi connectivity index (χ0n) is 21.5. The van der Waals surface area contributed by atoms with Gasteiger partial charge in [0.25, 0.3) is 0 Å². The van der Waals surface area contributed by atoms with Gasteiger partial charge in [-0.15, -0.1) is 0 Å². The van der Waals surface area contributed by atoms with Crippen LogP contribution in [0.15, 0.2) is 59.1 Å². The molecule has 0 fully saturated rings. The monoisotopic (exact) mass is 526 g/mol. The summed E-state index contributed by atoms with van der Waals surface area (Å²) in [6.07, 6.45) is -0.300. The molecule has 1 unspecified atom stereocenters. The van der Waals surface area contributed by atoms with Crippen LogP contribution in [-0.4, -0.2) is 35.5 Å². The van der Waals surface area contributed by atoms with E-state index in [-0.39, 0.29) is 18.7 Å². The van der Waals surface area contributed by atoms with Gasteiger partial charge in [0.2, 0.25) is 17.7 Å². The van der Waals surface area contributed by atoms with Crippen LogP contribution in [0.2, 0.25) is 5.02 Å². The molecule has 0 spiro atoms. The highest BCUT2D eigenvalue weighted by molar-refractivity contribution is 6.31. The van der Waals surface area contributed by atoms with Gasteiger partial charge in [0, 0.05) is 40.7 Å². The smallest absolute Gasteiger partial charge is 0.248 e. The van der Waals surface area contributed by atoms with E-state index in [1.165, 1.54) is 12.0 Å². The highest BCUT2D eigenvalue weighted by Crippen LogP contribution is 2.34. The molecule has 1 aromatic heterocycles. The molecule has 0 aliphatic rings. The van der Waals surface area contributed by atoms with Crippen molar-refractivity contribution >= 4 is 40.8 Å². The average molecular weight is 527 g/mol. The Bertz CT molecular complexity index is 1250. The zero-order valence-corrected chi connectivity index (χ0v) is 22.3. The van der Waals surface area contributed by atoms with Crippen molar-refractivity contribution in [1.29, 1.82) is 0 Å². The molecule has 196 valence electrons. The maximum absolute atomic E-state index is 13.7. The van der Waals surface area contributed by atoms with Crippen LogP contribution in [0.4, 0.5) is 11.5 Å².